The molecule has 0 atom stereocenters. The van der Waals surface area contributed by atoms with E-state index in [4.69, 9.17) is 5.11 Å². The molecule has 2 aromatic rings. The van der Waals surface area contributed by atoms with E-state index in [0.717, 1.165) is 12.0 Å². The fraction of sp³-hybridized carbons (Fsp3) is 0.0625. The van der Waals surface area contributed by atoms with E-state index in [9.17, 15) is 4.79 Å². The summed E-state index contributed by atoms with van der Waals surface area (Å²) in [6.07, 6.45) is 3.76. The van der Waals surface area contributed by atoms with Crippen LogP contribution in [-0.2, 0) is 11.2 Å². The number of rotatable bonds is 2. The number of carboxylic acids is 1. The summed E-state index contributed by atoms with van der Waals surface area (Å²) in [6, 6.07) is 14.4. The van der Waals surface area contributed by atoms with Gasteiger partial charge in [0, 0.05) is 6.08 Å². The zero-order valence-electron chi connectivity index (χ0n) is 9.76. The van der Waals surface area contributed by atoms with Crippen LogP contribution in [0.1, 0.15) is 16.7 Å². The van der Waals surface area contributed by atoms with Crippen molar-refractivity contribution in [1.82, 2.24) is 0 Å². The quantitative estimate of drug-likeness (QED) is 0.693. The molecule has 0 aromatic heterocycles. The van der Waals surface area contributed by atoms with Crippen molar-refractivity contribution in [3.8, 4) is 11.1 Å². The van der Waals surface area contributed by atoms with Crippen molar-refractivity contribution in [2.24, 2.45) is 0 Å². The van der Waals surface area contributed by atoms with Crippen LogP contribution in [0.4, 0.5) is 0 Å². The zero-order chi connectivity index (χ0) is 12.5. The van der Waals surface area contributed by atoms with Gasteiger partial charge in [0.2, 0.25) is 0 Å². The van der Waals surface area contributed by atoms with E-state index >= 15 is 0 Å². The van der Waals surface area contributed by atoms with Crippen LogP contribution in [0.2, 0.25) is 0 Å². The molecule has 0 heterocycles. The van der Waals surface area contributed by atoms with Crippen molar-refractivity contribution in [2.45, 2.75) is 6.42 Å². The molecule has 2 aromatic carbocycles. The van der Waals surface area contributed by atoms with E-state index in [-0.39, 0.29) is 0 Å². The topological polar surface area (TPSA) is 37.3 Å². The Hall–Kier alpha value is -2.35. The largest absolute Gasteiger partial charge is 0.478 e. The van der Waals surface area contributed by atoms with Crippen LogP contribution in [0.5, 0.6) is 0 Å². The molecular formula is C16H12O2. The monoisotopic (exact) mass is 236 g/mol. The van der Waals surface area contributed by atoms with E-state index in [1.165, 1.54) is 28.3 Å². The fourth-order valence-corrected chi connectivity index (χ4v) is 2.41. The zero-order valence-corrected chi connectivity index (χ0v) is 9.76. The maximum atomic E-state index is 10.5. The molecule has 3 rings (SSSR count). The van der Waals surface area contributed by atoms with Gasteiger partial charge in [-0.05, 0) is 46.4 Å². The van der Waals surface area contributed by atoms with Crippen LogP contribution in [0.3, 0.4) is 0 Å². The minimum Gasteiger partial charge on any atom is -0.478 e. The van der Waals surface area contributed by atoms with E-state index in [1.807, 2.05) is 12.1 Å². The Balaban J connectivity index is 2.05. The first-order valence-corrected chi connectivity index (χ1v) is 5.86. The number of fused-ring (bicyclic) bond motifs is 3. The third-order valence-electron chi connectivity index (χ3n) is 3.24. The van der Waals surface area contributed by atoms with Gasteiger partial charge < -0.3 is 5.11 Å². The Kier molecular flexibility index (Phi) is 2.49. The molecule has 88 valence electrons. The van der Waals surface area contributed by atoms with Crippen molar-refractivity contribution < 1.29 is 9.90 Å². The maximum absolute atomic E-state index is 10.5. The Morgan fingerprint density at radius 3 is 2.67 bits per heavy atom. The number of benzene rings is 2. The molecular weight excluding hydrogens is 224 g/mol. The van der Waals surface area contributed by atoms with E-state index in [0.29, 0.717) is 0 Å². The number of hydrogen-bond acceptors (Lipinski definition) is 1. The summed E-state index contributed by atoms with van der Waals surface area (Å²) in [5, 5.41) is 8.64. The van der Waals surface area contributed by atoms with Crippen LogP contribution in [0, 0.1) is 0 Å². The van der Waals surface area contributed by atoms with E-state index < -0.39 is 5.97 Å². The van der Waals surface area contributed by atoms with Gasteiger partial charge in [-0.3, -0.25) is 0 Å². The molecule has 0 amide bonds. The van der Waals surface area contributed by atoms with Crippen molar-refractivity contribution in [3.05, 3.63) is 65.2 Å². The predicted octanol–water partition coefficient (Wildman–Crippen LogP) is 3.36. The van der Waals surface area contributed by atoms with Gasteiger partial charge in [-0.25, -0.2) is 4.79 Å². The lowest BCUT2D eigenvalue weighted by atomic mass is 10.0. The van der Waals surface area contributed by atoms with Gasteiger partial charge in [-0.2, -0.15) is 0 Å². The molecule has 0 aliphatic heterocycles. The molecule has 0 fully saturated rings. The fourth-order valence-electron chi connectivity index (χ4n) is 2.41. The highest BCUT2D eigenvalue weighted by Gasteiger charge is 2.17. The van der Waals surface area contributed by atoms with Gasteiger partial charge in [0.15, 0.2) is 0 Å². The highest BCUT2D eigenvalue weighted by atomic mass is 16.4. The molecule has 18 heavy (non-hydrogen) atoms. The second kappa shape index (κ2) is 4.15. The van der Waals surface area contributed by atoms with Gasteiger partial charge in [0.25, 0.3) is 0 Å². The van der Waals surface area contributed by atoms with Crippen molar-refractivity contribution in [3.63, 3.8) is 0 Å². The molecule has 0 radical (unpaired) electrons. The Morgan fingerprint density at radius 1 is 1.06 bits per heavy atom. The maximum Gasteiger partial charge on any atom is 0.328 e. The third kappa shape index (κ3) is 1.82. The first-order valence-electron chi connectivity index (χ1n) is 5.86. The van der Waals surface area contributed by atoms with Gasteiger partial charge in [0.1, 0.15) is 0 Å². The van der Waals surface area contributed by atoms with Gasteiger partial charge in [-0.15, -0.1) is 0 Å². The van der Waals surface area contributed by atoms with Crippen molar-refractivity contribution >= 4 is 12.0 Å². The summed E-state index contributed by atoms with van der Waals surface area (Å²) in [7, 11) is 0. The van der Waals surface area contributed by atoms with E-state index in [2.05, 4.69) is 30.3 Å². The van der Waals surface area contributed by atoms with Gasteiger partial charge in [0.05, 0.1) is 0 Å². The summed E-state index contributed by atoms with van der Waals surface area (Å²) in [6.45, 7) is 0. The number of aliphatic carboxylic acids is 1. The molecule has 2 nitrogen and oxygen atoms in total. The number of carbonyl (C=O) groups is 1. The lowest BCUT2D eigenvalue weighted by molar-refractivity contribution is -0.131. The summed E-state index contributed by atoms with van der Waals surface area (Å²) < 4.78 is 0. The molecule has 2 heteroatoms. The molecule has 0 saturated heterocycles. The van der Waals surface area contributed by atoms with Crippen molar-refractivity contribution in [1.29, 1.82) is 0 Å². The van der Waals surface area contributed by atoms with Crippen molar-refractivity contribution in [2.75, 3.05) is 0 Å². The van der Waals surface area contributed by atoms with Crippen LogP contribution >= 0.6 is 0 Å². The van der Waals surface area contributed by atoms with Crippen LogP contribution < -0.4 is 0 Å². The van der Waals surface area contributed by atoms with Crippen LogP contribution in [0.25, 0.3) is 17.2 Å². The minimum absolute atomic E-state index is 0.920. The second-order valence-corrected chi connectivity index (χ2v) is 4.42. The average Bonchev–Trinajstić information content (AvgIpc) is 2.74. The molecule has 1 aliphatic rings. The second-order valence-electron chi connectivity index (χ2n) is 4.42. The molecule has 1 N–H and O–H groups in total. The molecule has 0 bridgehead atoms. The highest BCUT2D eigenvalue weighted by molar-refractivity contribution is 5.86. The van der Waals surface area contributed by atoms with Gasteiger partial charge >= 0.3 is 5.97 Å². The Morgan fingerprint density at radius 2 is 1.83 bits per heavy atom. The van der Waals surface area contributed by atoms with E-state index in [1.54, 1.807) is 6.08 Å². The van der Waals surface area contributed by atoms with Gasteiger partial charge in [-0.1, -0.05) is 36.4 Å². The first kappa shape index (κ1) is 10.8. The standard InChI is InChI=1S/C16H12O2/c17-16(18)8-6-11-5-7-13-10-12-3-1-2-4-14(12)15(13)9-11/h1-9H,10H2,(H,17,18)/b8-6+. The summed E-state index contributed by atoms with van der Waals surface area (Å²) in [5.41, 5.74) is 6.06. The Labute approximate surface area is 105 Å². The lowest BCUT2D eigenvalue weighted by Gasteiger charge is -2.02. The summed E-state index contributed by atoms with van der Waals surface area (Å²) in [5.74, 6) is -0.920. The summed E-state index contributed by atoms with van der Waals surface area (Å²) >= 11 is 0. The molecule has 0 saturated carbocycles. The smallest absolute Gasteiger partial charge is 0.328 e. The molecule has 0 spiro atoms. The Bertz CT molecular complexity index is 654. The number of hydrogen-bond donors (Lipinski definition) is 1. The minimum atomic E-state index is -0.920. The number of carboxylic acid groups (broad SMARTS) is 1. The molecule has 1 aliphatic carbocycles. The summed E-state index contributed by atoms with van der Waals surface area (Å²) in [4.78, 5) is 10.5. The highest BCUT2D eigenvalue weighted by Crippen LogP contribution is 2.36. The third-order valence-corrected chi connectivity index (χ3v) is 3.24. The first-order chi connectivity index (χ1) is 8.74. The SMILES string of the molecule is O=C(O)/C=C/c1ccc2c(c1)-c1ccccc1C2. The van der Waals surface area contributed by atoms with Crippen LogP contribution in [-0.4, -0.2) is 11.1 Å². The normalized spacial score (nSPS) is 12.4. The predicted molar refractivity (Wildman–Crippen MR) is 71.4 cm³/mol. The molecule has 0 unspecified atom stereocenters. The lowest BCUT2D eigenvalue weighted by Crippen LogP contribution is -1.86. The average molecular weight is 236 g/mol. The van der Waals surface area contributed by atoms with Crippen LogP contribution in [0.15, 0.2) is 48.5 Å².